The van der Waals surface area contributed by atoms with E-state index in [1.807, 2.05) is 6.07 Å². The van der Waals surface area contributed by atoms with Crippen molar-refractivity contribution in [3.05, 3.63) is 35.9 Å². The molecule has 0 heterocycles. The second-order valence-electron chi connectivity index (χ2n) is 2.52. The zero-order chi connectivity index (χ0) is 9.68. The van der Waals surface area contributed by atoms with E-state index in [2.05, 4.69) is 0 Å². The van der Waals surface area contributed by atoms with Crippen molar-refractivity contribution >= 4 is 11.1 Å². The minimum absolute atomic E-state index is 0.000123. The van der Waals surface area contributed by atoms with Gasteiger partial charge in [0.1, 0.15) is 0 Å². The maximum atomic E-state index is 10.7. The molecule has 1 aromatic rings. The zero-order valence-electron chi connectivity index (χ0n) is 6.84. The fraction of sp³-hybridized carbons (Fsp3) is 0.222. The van der Waals surface area contributed by atoms with Crippen molar-refractivity contribution in [1.82, 2.24) is 0 Å². The molecule has 0 spiro atoms. The summed E-state index contributed by atoms with van der Waals surface area (Å²) in [5, 5.41) is 7.72. The molecule has 3 nitrogen and oxygen atoms in total. The number of hydrogen-bond acceptors (Lipinski definition) is 3. The van der Waals surface area contributed by atoms with Crippen molar-refractivity contribution in [2.24, 2.45) is 0 Å². The monoisotopic (exact) mass is 194 g/mol. The quantitative estimate of drug-likeness (QED) is 0.685. The molecule has 68 valence electrons. The molecule has 0 aliphatic carbocycles. The Morgan fingerprint density at radius 1 is 1.46 bits per heavy atom. The lowest BCUT2D eigenvalue weighted by atomic mass is 10.1. The summed E-state index contributed by atoms with van der Waals surface area (Å²) in [6.45, 7) is 0. The molecule has 0 aromatic heterocycles. The van der Waals surface area contributed by atoms with Gasteiger partial charge in [-0.05, 0) is 16.6 Å². The molecule has 2 unspecified atom stereocenters. The molecule has 0 saturated heterocycles. The molecule has 0 saturated carbocycles. The van der Waals surface area contributed by atoms with Crippen LogP contribution in [-0.2, 0) is 11.1 Å². The Morgan fingerprint density at radius 2 is 2.08 bits per heavy atom. The van der Waals surface area contributed by atoms with Crippen LogP contribution in [0.4, 0.5) is 0 Å². The van der Waals surface area contributed by atoms with Crippen molar-refractivity contribution in [2.75, 3.05) is 0 Å². The second kappa shape index (κ2) is 4.75. The Balaban J connectivity index is 2.90. The summed E-state index contributed by atoms with van der Waals surface area (Å²) in [6, 6.07) is 10.6. The van der Waals surface area contributed by atoms with E-state index in [1.54, 1.807) is 30.3 Å². The first-order valence-corrected chi connectivity index (χ1v) is 4.89. The topological polar surface area (TPSA) is 63.9 Å². The van der Waals surface area contributed by atoms with Crippen LogP contribution in [0.1, 0.15) is 17.2 Å². The van der Waals surface area contributed by atoms with Crippen LogP contribution in [0.15, 0.2) is 30.3 Å². The molecule has 0 bridgehead atoms. The lowest BCUT2D eigenvalue weighted by Gasteiger charge is -2.16. The molecule has 0 aliphatic rings. The van der Waals surface area contributed by atoms with E-state index < -0.39 is 16.3 Å². The highest BCUT2D eigenvalue weighted by atomic mass is 32.2. The first-order chi connectivity index (χ1) is 6.25. The van der Waals surface area contributed by atoms with Gasteiger partial charge in [-0.3, -0.25) is 4.21 Å². The smallest absolute Gasteiger partial charge is 0.0637 e. The maximum absolute atomic E-state index is 10.7. The minimum Gasteiger partial charge on any atom is -0.772 e. The van der Waals surface area contributed by atoms with Crippen LogP contribution in [-0.4, -0.2) is 8.76 Å². The van der Waals surface area contributed by atoms with Gasteiger partial charge in [0.2, 0.25) is 0 Å². The predicted octanol–water partition coefficient (Wildman–Crippen LogP) is 1.52. The molecule has 2 atom stereocenters. The number of hydrogen-bond donors (Lipinski definition) is 0. The van der Waals surface area contributed by atoms with Crippen molar-refractivity contribution in [1.29, 1.82) is 5.26 Å². The number of nitrogens with zero attached hydrogens (tertiary/aromatic N) is 1. The SMILES string of the molecule is N#CCC(c1ccccc1)S(=O)[O-]. The van der Waals surface area contributed by atoms with Gasteiger partial charge < -0.3 is 4.55 Å². The summed E-state index contributed by atoms with van der Waals surface area (Å²) in [5.41, 5.74) is 0.664. The fourth-order valence-electron chi connectivity index (χ4n) is 1.05. The molecular formula is C9H8NO2S-. The summed E-state index contributed by atoms with van der Waals surface area (Å²) in [6.07, 6.45) is 0.000123. The Morgan fingerprint density at radius 3 is 2.54 bits per heavy atom. The molecule has 0 radical (unpaired) electrons. The molecule has 4 heteroatoms. The Labute approximate surface area is 79.3 Å². The van der Waals surface area contributed by atoms with Crippen LogP contribution in [0.3, 0.4) is 0 Å². The van der Waals surface area contributed by atoms with Gasteiger partial charge in [-0.1, -0.05) is 30.3 Å². The van der Waals surface area contributed by atoms with Gasteiger partial charge in [0.25, 0.3) is 0 Å². The summed E-state index contributed by atoms with van der Waals surface area (Å²) in [4.78, 5) is 0. The van der Waals surface area contributed by atoms with Gasteiger partial charge in [-0.2, -0.15) is 5.26 Å². The van der Waals surface area contributed by atoms with Gasteiger partial charge in [0.15, 0.2) is 0 Å². The van der Waals surface area contributed by atoms with E-state index in [-0.39, 0.29) is 6.42 Å². The average molecular weight is 194 g/mol. The summed E-state index contributed by atoms with van der Waals surface area (Å²) < 4.78 is 21.5. The molecule has 0 aliphatic heterocycles. The van der Waals surface area contributed by atoms with E-state index >= 15 is 0 Å². The Kier molecular flexibility index (Phi) is 3.62. The first kappa shape index (κ1) is 9.90. The van der Waals surface area contributed by atoms with Gasteiger partial charge in [-0.15, -0.1) is 0 Å². The lowest BCUT2D eigenvalue weighted by Crippen LogP contribution is -2.04. The molecule has 0 amide bonds. The standard InChI is InChI=1S/C9H9NO2S/c10-7-6-9(13(11)12)8-4-2-1-3-5-8/h1-5,9H,6H2,(H,11,12)/p-1. The van der Waals surface area contributed by atoms with Gasteiger partial charge in [-0.25, -0.2) is 0 Å². The molecule has 13 heavy (non-hydrogen) atoms. The zero-order valence-corrected chi connectivity index (χ0v) is 7.66. The molecule has 1 rings (SSSR count). The van der Waals surface area contributed by atoms with Crippen LogP contribution in [0, 0.1) is 11.3 Å². The molecule has 1 aromatic carbocycles. The van der Waals surface area contributed by atoms with Crippen molar-refractivity contribution in [3.63, 3.8) is 0 Å². The van der Waals surface area contributed by atoms with E-state index in [0.29, 0.717) is 5.56 Å². The van der Waals surface area contributed by atoms with Crippen LogP contribution in [0.5, 0.6) is 0 Å². The van der Waals surface area contributed by atoms with E-state index in [1.165, 1.54) is 0 Å². The third kappa shape index (κ3) is 2.65. The lowest BCUT2D eigenvalue weighted by molar-refractivity contribution is 0.524. The highest BCUT2D eigenvalue weighted by Gasteiger charge is 2.10. The molecule has 0 N–H and O–H groups in total. The number of nitriles is 1. The van der Waals surface area contributed by atoms with Crippen molar-refractivity contribution in [2.45, 2.75) is 11.7 Å². The highest BCUT2D eigenvalue weighted by molar-refractivity contribution is 7.79. The van der Waals surface area contributed by atoms with Crippen LogP contribution in [0.25, 0.3) is 0 Å². The minimum atomic E-state index is -2.23. The maximum Gasteiger partial charge on any atom is 0.0637 e. The third-order valence-corrected chi connectivity index (χ3v) is 2.58. The first-order valence-electron chi connectivity index (χ1n) is 3.75. The summed E-state index contributed by atoms with van der Waals surface area (Å²) in [5.74, 6) is 0. The number of benzene rings is 1. The summed E-state index contributed by atoms with van der Waals surface area (Å²) >= 11 is -2.23. The fourth-order valence-corrected chi connectivity index (χ4v) is 1.64. The van der Waals surface area contributed by atoms with Crippen molar-refractivity contribution < 1.29 is 8.76 Å². The van der Waals surface area contributed by atoms with Gasteiger partial charge in [0.05, 0.1) is 17.7 Å². The number of rotatable bonds is 3. The van der Waals surface area contributed by atoms with E-state index in [9.17, 15) is 8.76 Å². The Hall–Kier alpha value is -1.18. The molecule has 0 fully saturated rings. The van der Waals surface area contributed by atoms with Crippen LogP contribution in [0.2, 0.25) is 0 Å². The van der Waals surface area contributed by atoms with Gasteiger partial charge >= 0.3 is 0 Å². The second-order valence-corrected chi connectivity index (χ2v) is 3.61. The van der Waals surface area contributed by atoms with Crippen LogP contribution < -0.4 is 0 Å². The van der Waals surface area contributed by atoms with E-state index in [0.717, 1.165) is 0 Å². The Bertz CT molecular complexity index is 331. The van der Waals surface area contributed by atoms with E-state index in [4.69, 9.17) is 5.26 Å². The summed E-state index contributed by atoms with van der Waals surface area (Å²) in [7, 11) is 0. The average Bonchev–Trinajstić information content (AvgIpc) is 2.15. The van der Waals surface area contributed by atoms with Gasteiger partial charge in [0, 0.05) is 0 Å². The van der Waals surface area contributed by atoms with Crippen molar-refractivity contribution in [3.8, 4) is 6.07 Å². The third-order valence-electron chi connectivity index (χ3n) is 1.68. The highest BCUT2D eigenvalue weighted by Crippen LogP contribution is 2.21. The van der Waals surface area contributed by atoms with Crippen LogP contribution >= 0.6 is 0 Å². The molecular weight excluding hydrogens is 186 g/mol. The normalized spacial score (nSPS) is 14.5. The largest absolute Gasteiger partial charge is 0.772 e. The predicted molar refractivity (Wildman–Crippen MR) is 48.3 cm³/mol.